The van der Waals surface area contributed by atoms with Crippen LogP contribution in [-0.4, -0.2) is 24.3 Å². The molecule has 0 radical (unpaired) electrons. The first-order valence-electron chi connectivity index (χ1n) is 9.70. The van der Waals surface area contributed by atoms with E-state index < -0.39 is 5.97 Å². The van der Waals surface area contributed by atoms with Gasteiger partial charge in [-0.2, -0.15) is 0 Å². The van der Waals surface area contributed by atoms with Crippen LogP contribution in [-0.2, 0) is 9.53 Å². The van der Waals surface area contributed by atoms with Crippen molar-refractivity contribution in [1.29, 1.82) is 0 Å². The van der Waals surface area contributed by atoms with Gasteiger partial charge in [-0.05, 0) is 42.8 Å². The summed E-state index contributed by atoms with van der Waals surface area (Å²) in [4.78, 5) is 31.4. The van der Waals surface area contributed by atoms with Crippen LogP contribution in [0.3, 0.4) is 0 Å². The number of aliphatic imine (C=N–C) groups is 1. The summed E-state index contributed by atoms with van der Waals surface area (Å²) in [5, 5.41) is 0. The minimum Gasteiger partial charge on any atom is -0.462 e. The predicted octanol–water partition coefficient (Wildman–Crippen LogP) is 4.70. The van der Waals surface area contributed by atoms with Crippen LogP contribution >= 0.6 is 0 Å². The Morgan fingerprint density at radius 3 is 2.20 bits per heavy atom. The lowest BCUT2D eigenvalue weighted by molar-refractivity contribution is -0.113. The number of esters is 1. The number of nitrogens with zero attached hydrogens (tertiary/aromatic N) is 2. The van der Waals surface area contributed by atoms with Gasteiger partial charge in [0.25, 0.3) is 5.91 Å². The second-order valence-corrected chi connectivity index (χ2v) is 6.65. The monoisotopic (exact) mass is 396 g/mol. The molecule has 1 amide bonds. The fraction of sp³-hybridized carbons (Fsp3) is 0.0800. The second-order valence-electron chi connectivity index (χ2n) is 6.65. The third kappa shape index (κ3) is 3.91. The minimum absolute atomic E-state index is 0.221. The lowest BCUT2D eigenvalue weighted by atomic mass is 10.1. The van der Waals surface area contributed by atoms with E-state index in [2.05, 4.69) is 4.99 Å². The number of anilines is 1. The summed E-state index contributed by atoms with van der Waals surface area (Å²) in [5.74, 6) is -0.0633. The van der Waals surface area contributed by atoms with Crippen molar-refractivity contribution in [2.45, 2.75) is 6.92 Å². The largest absolute Gasteiger partial charge is 0.462 e. The molecule has 5 heteroatoms. The van der Waals surface area contributed by atoms with Crippen LogP contribution in [0.1, 0.15) is 28.4 Å². The standard InChI is InChI=1S/C25H20N2O3/c1-2-30-25(29)20-13-15-21(16-14-20)27-23(19-11-7-4-8-12-19)26-22(24(27)28)17-18-9-5-3-6-10-18/h3-17H,2H2,1H3. The molecule has 148 valence electrons. The topological polar surface area (TPSA) is 59.0 Å². The predicted molar refractivity (Wildman–Crippen MR) is 117 cm³/mol. The second kappa shape index (κ2) is 8.57. The maximum Gasteiger partial charge on any atom is 0.338 e. The van der Waals surface area contributed by atoms with Gasteiger partial charge in [-0.15, -0.1) is 0 Å². The van der Waals surface area contributed by atoms with E-state index in [1.807, 2.05) is 60.7 Å². The van der Waals surface area contributed by atoms with E-state index in [1.165, 1.54) is 0 Å². The molecule has 0 atom stereocenters. The Kier molecular flexibility index (Phi) is 5.52. The van der Waals surface area contributed by atoms with Crippen molar-refractivity contribution in [1.82, 2.24) is 0 Å². The van der Waals surface area contributed by atoms with Gasteiger partial charge >= 0.3 is 5.97 Å². The Balaban J connectivity index is 1.74. The van der Waals surface area contributed by atoms with E-state index >= 15 is 0 Å². The molecule has 0 aliphatic carbocycles. The molecular weight excluding hydrogens is 376 g/mol. The van der Waals surface area contributed by atoms with Crippen LogP contribution in [0.2, 0.25) is 0 Å². The molecule has 30 heavy (non-hydrogen) atoms. The molecule has 0 unspecified atom stereocenters. The van der Waals surface area contributed by atoms with E-state index in [9.17, 15) is 9.59 Å². The van der Waals surface area contributed by atoms with Gasteiger partial charge < -0.3 is 4.74 Å². The van der Waals surface area contributed by atoms with Crippen LogP contribution in [0.4, 0.5) is 5.69 Å². The van der Waals surface area contributed by atoms with Crippen LogP contribution in [0, 0.1) is 0 Å². The first-order chi connectivity index (χ1) is 14.7. The number of rotatable bonds is 5. The normalized spacial score (nSPS) is 14.7. The van der Waals surface area contributed by atoms with Gasteiger partial charge in [0.2, 0.25) is 0 Å². The number of amides is 1. The molecule has 5 nitrogen and oxygen atoms in total. The highest BCUT2D eigenvalue weighted by Crippen LogP contribution is 2.28. The number of hydrogen-bond donors (Lipinski definition) is 0. The molecule has 0 saturated heterocycles. The number of carbonyl (C=O) groups is 2. The number of carbonyl (C=O) groups excluding carboxylic acids is 2. The Bertz CT molecular complexity index is 1120. The van der Waals surface area contributed by atoms with Crippen molar-refractivity contribution >= 4 is 29.5 Å². The van der Waals surface area contributed by atoms with Crippen molar-refractivity contribution in [3.05, 3.63) is 107 Å². The van der Waals surface area contributed by atoms with Gasteiger partial charge in [-0.25, -0.2) is 9.79 Å². The summed E-state index contributed by atoms with van der Waals surface area (Å²) in [6, 6.07) is 25.9. The molecule has 0 aromatic heterocycles. The Morgan fingerprint density at radius 1 is 0.933 bits per heavy atom. The number of ether oxygens (including phenoxy) is 1. The van der Waals surface area contributed by atoms with Gasteiger partial charge in [-0.1, -0.05) is 60.7 Å². The highest BCUT2D eigenvalue weighted by molar-refractivity contribution is 6.33. The fourth-order valence-electron chi connectivity index (χ4n) is 3.21. The lowest BCUT2D eigenvalue weighted by Crippen LogP contribution is -2.32. The summed E-state index contributed by atoms with van der Waals surface area (Å²) in [5.41, 5.74) is 3.15. The molecule has 0 N–H and O–H groups in total. The lowest BCUT2D eigenvalue weighted by Gasteiger charge is -2.18. The minimum atomic E-state index is -0.390. The van der Waals surface area contributed by atoms with Crippen LogP contribution < -0.4 is 4.90 Å². The number of benzene rings is 3. The molecule has 3 aromatic rings. The molecule has 1 aliphatic heterocycles. The highest BCUT2D eigenvalue weighted by atomic mass is 16.5. The highest BCUT2D eigenvalue weighted by Gasteiger charge is 2.32. The van der Waals surface area contributed by atoms with Crippen LogP contribution in [0.5, 0.6) is 0 Å². The molecule has 0 saturated carbocycles. The van der Waals surface area contributed by atoms with Gasteiger partial charge in [-0.3, -0.25) is 9.69 Å². The van der Waals surface area contributed by atoms with Gasteiger partial charge in [0.1, 0.15) is 11.5 Å². The maximum absolute atomic E-state index is 13.3. The SMILES string of the molecule is CCOC(=O)c1ccc(N2C(=O)C(=Cc3ccccc3)N=C2c2ccccc2)cc1. The van der Waals surface area contributed by atoms with Gasteiger partial charge in [0.15, 0.2) is 0 Å². The van der Waals surface area contributed by atoms with Crippen molar-refractivity contribution in [3.63, 3.8) is 0 Å². The maximum atomic E-state index is 13.3. The molecule has 0 bridgehead atoms. The summed E-state index contributed by atoms with van der Waals surface area (Å²) < 4.78 is 5.04. The zero-order chi connectivity index (χ0) is 20.9. The molecule has 4 rings (SSSR count). The van der Waals surface area contributed by atoms with Crippen molar-refractivity contribution in [3.8, 4) is 0 Å². The van der Waals surface area contributed by atoms with Crippen LogP contribution in [0.25, 0.3) is 6.08 Å². The number of hydrogen-bond acceptors (Lipinski definition) is 4. The summed E-state index contributed by atoms with van der Waals surface area (Å²) in [6.45, 7) is 2.07. The van der Waals surface area contributed by atoms with Gasteiger partial charge in [0.05, 0.1) is 17.9 Å². The third-order valence-electron chi connectivity index (χ3n) is 4.63. The Morgan fingerprint density at radius 2 is 1.57 bits per heavy atom. The van der Waals surface area contributed by atoms with Crippen molar-refractivity contribution in [2.24, 2.45) is 4.99 Å². The molecular formula is C25H20N2O3. The Labute approximate surface area is 174 Å². The van der Waals surface area contributed by atoms with E-state index in [4.69, 9.17) is 4.74 Å². The molecule has 0 spiro atoms. The quantitative estimate of drug-likeness (QED) is 0.464. The van der Waals surface area contributed by atoms with Crippen LogP contribution in [0.15, 0.2) is 95.6 Å². The van der Waals surface area contributed by atoms with Gasteiger partial charge in [0, 0.05) is 5.56 Å². The molecule has 3 aromatic carbocycles. The van der Waals surface area contributed by atoms with E-state index in [0.717, 1.165) is 11.1 Å². The average molecular weight is 396 g/mol. The summed E-state index contributed by atoms with van der Waals surface area (Å²) in [6.07, 6.45) is 1.78. The Hall–Kier alpha value is -3.99. The average Bonchev–Trinajstić information content (AvgIpc) is 3.11. The molecule has 1 heterocycles. The number of amidine groups is 1. The van der Waals surface area contributed by atoms with E-state index in [1.54, 1.807) is 42.2 Å². The fourth-order valence-corrected chi connectivity index (χ4v) is 3.21. The zero-order valence-electron chi connectivity index (χ0n) is 16.5. The molecule has 1 aliphatic rings. The summed E-state index contributed by atoms with van der Waals surface area (Å²) >= 11 is 0. The van der Waals surface area contributed by atoms with Crippen molar-refractivity contribution in [2.75, 3.05) is 11.5 Å². The van der Waals surface area contributed by atoms with E-state index in [0.29, 0.717) is 29.4 Å². The third-order valence-corrected chi connectivity index (χ3v) is 4.63. The molecule has 0 fully saturated rings. The van der Waals surface area contributed by atoms with E-state index in [-0.39, 0.29) is 5.91 Å². The zero-order valence-corrected chi connectivity index (χ0v) is 16.5. The first kappa shape index (κ1) is 19.3. The smallest absolute Gasteiger partial charge is 0.338 e. The summed E-state index contributed by atoms with van der Waals surface area (Å²) in [7, 11) is 0. The first-order valence-corrected chi connectivity index (χ1v) is 9.70. The van der Waals surface area contributed by atoms with Crippen molar-refractivity contribution < 1.29 is 14.3 Å².